The second-order valence-electron chi connectivity index (χ2n) is 5.24. The van der Waals surface area contributed by atoms with E-state index in [2.05, 4.69) is 9.93 Å². The third-order valence-corrected chi connectivity index (χ3v) is 4.79. The van der Waals surface area contributed by atoms with Crippen molar-refractivity contribution < 1.29 is 17.9 Å². The molecule has 0 aliphatic heterocycles. The lowest BCUT2D eigenvalue weighted by Gasteiger charge is -2.08. The summed E-state index contributed by atoms with van der Waals surface area (Å²) in [7, 11) is -0.641. The molecule has 0 aliphatic carbocycles. The summed E-state index contributed by atoms with van der Waals surface area (Å²) in [5.74, 6) is 1.13. The van der Waals surface area contributed by atoms with Gasteiger partial charge in [-0.15, -0.1) is 0 Å². The van der Waals surface area contributed by atoms with Gasteiger partial charge in [-0.3, -0.25) is 0 Å². The van der Waals surface area contributed by atoms with E-state index in [1.165, 1.54) is 13.3 Å². The minimum atomic E-state index is -3.72. The zero-order valence-corrected chi connectivity index (χ0v) is 14.8. The molecule has 7 heteroatoms. The first-order chi connectivity index (χ1) is 11.4. The van der Waals surface area contributed by atoms with Gasteiger partial charge in [0.15, 0.2) is 11.5 Å². The number of hydrazone groups is 1. The summed E-state index contributed by atoms with van der Waals surface area (Å²) in [5.41, 5.74) is 2.20. The maximum atomic E-state index is 12.3. The van der Waals surface area contributed by atoms with Crippen LogP contribution >= 0.6 is 0 Å². The molecule has 0 radical (unpaired) electrons. The molecule has 2 aromatic carbocycles. The van der Waals surface area contributed by atoms with Crippen LogP contribution in [-0.4, -0.2) is 28.9 Å². The number of rotatable bonds is 6. The van der Waals surface area contributed by atoms with Crippen LogP contribution in [0.5, 0.6) is 11.5 Å². The van der Waals surface area contributed by atoms with E-state index in [1.807, 2.05) is 13.0 Å². The molecule has 128 valence electrons. The average Bonchev–Trinajstić information content (AvgIpc) is 2.56. The fourth-order valence-corrected chi connectivity index (χ4v) is 3.27. The van der Waals surface area contributed by atoms with Gasteiger partial charge in [0.05, 0.1) is 25.3 Å². The lowest BCUT2D eigenvalue weighted by Crippen LogP contribution is -2.19. The van der Waals surface area contributed by atoms with Crippen molar-refractivity contribution in [2.75, 3.05) is 14.2 Å². The molecule has 0 aliphatic rings. The largest absolute Gasteiger partial charge is 0.493 e. The van der Waals surface area contributed by atoms with Crippen LogP contribution in [0.15, 0.2) is 46.4 Å². The molecule has 2 rings (SSSR count). The Kier molecular flexibility index (Phi) is 5.46. The number of sulfonamides is 1. The maximum absolute atomic E-state index is 12.3. The first kappa shape index (κ1) is 17.8. The molecule has 0 unspecified atom stereocenters. The summed E-state index contributed by atoms with van der Waals surface area (Å²) < 4.78 is 35.0. The predicted molar refractivity (Wildman–Crippen MR) is 93.4 cm³/mol. The minimum absolute atomic E-state index is 0.215. The van der Waals surface area contributed by atoms with E-state index in [0.717, 1.165) is 5.56 Å². The first-order valence-corrected chi connectivity index (χ1v) is 8.70. The Morgan fingerprint density at radius 2 is 1.71 bits per heavy atom. The molecule has 0 aromatic heterocycles. The highest BCUT2D eigenvalue weighted by molar-refractivity contribution is 7.89. The van der Waals surface area contributed by atoms with Crippen LogP contribution in [0.4, 0.5) is 0 Å². The van der Waals surface area contributed by atoms with E-state index < -0.39 is 10.0 Å². The number of ether oxygens (including phenoxy) is 2. The summed E-state index contributed by atoms with van der Waals surface area (Å²) in [6, 6.07) is 10.4. The summed E-state index contributed by atoms with van der Waals surface area (Å²) in [6.07, 6.45) is 1.41. The van der Waals surface area contributed by atoms with Crippen LogP contribution in [0.1, 0.15) is 16.7 Å². The number of nitrogens with zero attached hydrogens (tertiary/aromatic N) is 1. The third-order valence-electron chi connectivity index (χ3n) is 3.43. The topological polar surface area (TPSA) is 77.0 Å². The molecule has 0 saturated carbocycles. The van der Waals surface area contributed by atoms with E-state index in [1.54, 1.807) is 44.4 Å². The van der Waals surface area contributed by atoms with Crippen molar-refractivity contribution in [2.45, 2.75) is 18.7 Å². The van der Waals surface area contributed by atoms with Gasteiger partial charge in [0, 0.05) is 0 Å². The standard InChI is InChI=1S/C17H20N2O4S/c1-12-5-6-13(2)17(9-12)24(20,21)19-18-11-14-7-8-15(22-3)16(10-14)23-4/h5-11,19H,1-4H3. The SMILES string of the molecule is COc1ccc(C=NNS(=O)(=O)c2cc(C)ccc2C)cc1OC. The van der Waals surface area contributed by atoms with Gasteiger partial charge in [-0.1, -0.05) is 12.1 Å². The van der Waals surface area contributed by atoms with E-state index in [4.69, 9.17) is 9.47 Å². The van der Waals surface area contributed by atoms with Crippen molar-refractivity contribution >= 4 is 16.2 Å². The lowest BCUT2D eigenvalue weighted by atomic mass is 10.2. The Hall–Kier alpha value is -2.54. The van der Waals surface area contributed by atoms with E-state index in [-0.39, 0.29) is 4.90 Å². The van der Waals surface area contributed by atoms with E-state index >= 15 is 0 Å². The van der Waals surface area contributed by atoms with Gasteiger partial charge in [0.2, 0.25) is 0 Å². The van der Waals surface area contributed by atoms with Crippen LogP contribution in [0.2, 0.25) is 0 Å². The van der Waals surface area contributed by atoms with Crippen LogP contribution in [-0.2, 0) is 10.0 Å². The fraction of sp³-hybridized carbons (Fsp3) is 0.235. The third kappa shape index (κ3) is 4.05. The molecule has 0 bridgehead atoms. The van der Waals surface area contributed by atoms with Crippen molar-refractivity contribution in [2.24, 2.45) is 5.10 Å². The molecule has 0 amide bonds. The molecule has 0 atom stereocenters. The molecule has 0 heterocycles. The highest BCUT2D eigenvalue weighted by Gasteiger charge is 2.15. The van der Waals surface area contributed by atoms with Crippen molar-refractivity contribution in [3.05, 3.63) is 53.1 Å². The van der Waals surface area contributed by atoms with E-state index in [9.17, 15) is 8.42 Å². The first-order valence-electron chi connectivity index (χ1n) is 7.21. The number of hydrogen-bond donors (Lipinski definition) is 1. The second-order valence-corrected chi connectivity index (χ2v) is 6.87. The highest BCUT2D eigenvalue weighted by atomic mass is 32.2. The minimum Gasteiger partial charge on any atom is -0.493 e. The zero-order chi connectivity index (χ0) is 17.7. The Labute approximate surface area is 142 Å². The van der Waals surface area contributed by atoms with Crippen molar-refractivity contribution in [3.8, 4) is 11.5 Å². The Balaban J connectivity index is 2.20. The molecule has 24 heavy (non-hydrogen) atoms. The lowest BCUT2D eigenvalue weighted by molar-refractivity contribution is 0.355. The Morgan fingerprint density at radius 1 is 1.00 bits per heavy atom. The number of nitrogens with one attached hydrogen (secondary N) is 1. The van der Waals surface area contributed by atoms with Crippen LogP contribution in [0, 0.1) is 13.8 Å². The van der Waals surface area contributed by atoms with E-state index in [0.29, 0.717) is 22.6 Å². The van der Waals surface area contributed by atoms with Gasteiger partial charge in [-0.05, 0) is 54.8 Å². The molecule has 2 aromatic rings. The quantitative estimate of drug-likeness (QED) is 0.643. The van der Waals surface area contributed by atoms with Crippen LogP contribution in [0.25, 0.3) is 0 Å². The van der Waals surface area contributed by atoms with Gasteiger partial charge < -0.3 is 9.47 Å². The summed E-state index contributed by atoms with van der Waals surface area (Å²) in [6.45, 7) is 3.58. The average molecular weight is 348 g/mol. The molecule has 0 fully saturated rings. The summed E-state index contributed by atoms with van der Waals surface area (Å²) in [4.78, 5) is 2.44. The van der Waals surface area contributed by atoms with Crippen LogP contribution < -0.4 is 14.3 Å². The number of aryl methyl sites for hydroxylation is 2. The maximum Gasteiger partial charge on any atom is 0.276 e. The van der Waals surface area contributed by atoms with Crippen molar-refractivity contribution in [1.82, 2.24) is 4.83 Å². The van der Waals surface area contributed by atoms with Gasteiger partial charge >= 0.3 is 0 Å². The number of hydrogen-bond acceptors (Lipinski definition) is 5. The monoisotopic (exact) mass is 348 g/mol. The highest BCUT2D eigenvalue weighted by Crippen LogP contribution is 2.26. The number of methoxy groups -OCH3 is 2. The predicted octanol–water partition coefficient (Wildman–Crippen LogP) is 2.63. The molecule has 1 N–H and O–H groups in total. The normalized spacial score (nSPS) is 11.5. The molecule has 0 spiro atoms. The van der Waals surface area contributed by atoms with Gasteiger partial charge in [-0.2, -0.15) is 13.5 Å². The Bertz CT molecular complexity index is 861. The molecular formula is C17H20N2O4S. The Morgan fingerprint density at radius 3 is 2.38 bits per heavy atom. The smallest absolute Gasteiger partial charge is 0.276 e. The summed E-state index contributed by atoms with van der Waals surface area (Å²) >= 11 is 0. The summed E-state index contributed by atoms with van der Waals surface area (Å²) in [5, 5.41) is 3.83. The molecule has 0 saturated heterocycles. The van der Waals surface area contributed by atoms with Crippen LogP contribution in [0.3, 0.4) is 0 Å². The molecular weight excluding hydrogens is 328 g/mol. The van der Waals surface area contributed by atoms with Gasteiger partial charge in [0.25, 0.3) is 10.0 Å². The van der Waals surface area contributed by atoms with Gasteiger partial charge in [0.1, 0.15) is 0 Å². The molecule has 6 nitrogen and oxygen atoms in total. The van der Waals surface area contributed by atoms with Crippen molar-refractivity contribution in [1.29, 1.82) is 0 Å². The fourth-order valence-electron chi connectivity index (χ4n) is 2.15. The number of benzene rings is 2. The second kappa shape index (κ2) is 7.35. The van der Waals surface area contributed by atoms with Gasteiger partial charge in [-0.25, -0.2) is 4.83 Å². The van der Waals surface area contributed by atoms with Crippen molar-refractivity contribution in [3.63, 3.8) is 0 Å². The zero-order valence-electron chi connectivity index (χ0n) is 14.0.